The van der Waals surface area contributed by atoms with Crippen LogP contribution in [0.25, 0.3) is 0 Å². The van der Waals surface area contributed by atoms with Crippen LogP contribution in [0.5, 0.6) is 0 Å². The monoisotopic (exact) mass is 940 g/mol. The van der Waals surface area contributed by atoms with Crippen molar-refractivity contribution in [3.05, 3.63) is 12.2 Å². The van der Waals surface area contributed by atoms with Gasteiger partial charge in [-0.05, 0) is 19.3 Å². The minimum Gasteiger partial charge on any atom is -0.394 e. The third-order valence-electron chi connectivity index (χ3n) is 14.0. The van der Waals surface area contributed by atoms with Gasteiger partial charge in [0, 0.05) is 0 Å². The molecule has 1 heterocycles. The second-order valence-electron chi connectivity index (χ2n) is 20.2. The molecule has 1 fully saturated rings. The fourth-order valence-electron chi connectivity index (χ4n) is 9.34. The number of aliphatic hydroxyl groups is 6. The van der Waals surface area contributed by atoms with Crippen LogP contribution >= 0.6 is 0 Å². The molecule has 0 aromatic rings. The van der Waals surface area contributed by atoms with Crippen molar-refractivity contribution in [2.24, 2.45) is 0 Å². The molecule has 10 heteroatoms. The van der Waals surface area contributed by atoms with Crippen molar-refractivity contribution < 1.29 is 44.9 Å². The Morgan fingerprint density at radius 1 is 0.515 bits per heavy atom. The zero-order chi connectivity index (χ0) is 48.1. The lowest BCUT2D eigenvalue weighted by atomic mass is 9.99. The molecule has 1 saturated heterocycles. The van der Waals surface area contributed by atoms with Gasteiger partial charge in [0.15, 0.2) is 6.29 Å². The highest BCUT2D eigenvalue weighted by atomic mass is 16.7. The molecular weight excluding hydrogens is 831 g/mol. The molecule has 0 radical (unpaired) electrons. The highest BCUT2D eigenvalue weighted by molar-refractivity contribution is 5.80. The molecular formula is C56H109NO9. The lowest BCUT2D eigenvalue weighted by Gasteiger charge is -2.40. The Morgan fingerprint density at radius 3 is 1.23 bits per heavy atom. The third-order valence-corrected chi connectivity index (χ3v) is 14.0. The molecule has 0 aliphatic carbocycles. The number of hydrogen-bond donors (Lipinski definition) is 7. The molecule has 1 amide bonds. The first-order valence-corrected chi connectivity index (χ1v) is 28.5. The van der Waals surface area contributed by atoms with Crippen molar-refractivity contribution in [2.75, 3.05) is 13.2 Å². The summed E-state index contributed by atoms with van der Waals surface area (Å²) < 4.78 is 11.2. The van der Waals surface area contributed by atoms with Crippen molar-refractivity contribution in [3.63, 3.8) is 0 Å². The van der Waals surface area contributed by atoms with E-state index in [2.05, 4.69) is 19.2 Å². The highest BCUT2D eigenvalue weighted by Crippen LogP contribution is 2.23. The van der Waals surface area contributed by atoms with E-state index in [0.717, 1.165) is 44.9 Å². The molecule has 7 N–H and O–H groups in total. The Bertz CT molecular complexity index is 1060. The van der Waals surface area contributed by atoms with Gasteiger partial charge in [-0.25, -0.2) is 0 Å². The van der Waals surface area contributed by atoms with Crippen LogP contribution in [0.2, 0.25) is 0 Å². The maximum atomic E-state index is 13.1. The highest BCUT2D eigenvalue weighted by Gasteiger charge is 2.44. The van der Waals surface area contributed by atoms with Crippen molar-refractivity contribution in [1.82, 2.24) is 5.32 Å². The first-order valence-electron chi connectivity index (χ1n) is 28.5. The molecule has 1 aliphatic rings. The Kier molecular flexibility index (Phi) is 44.1. The van der Waals surface area contributed by atoms with Gasteiger partial charge in [-0.3, -0.25) is 4.79 Å². The molecule has 8 atom stereocenters. The Morgan fingerprint density at radius 2 is 0.864 bits per heavy atom. The summed E-state index contributed by atoms with van der Waals surface area (Å²) in [6, 6.07) is -0.975. The van der Waals surface area contributed by atoms with Crippen LogP contribution < -0.4 is 5.32 Å². The summed E-state index contributed by atoms with van der Waals surface area (Å²) >= 11 is 0. The van der Waals surface area contributed by atoms with Crippen LogP contribution in [0.3, 0.4) is 0 Å². The number of aliphatic hydroxyl groups excluding tert-OH is 6. The van der Waals surface area contributed by atoms with Crippen molar-refractivity contribution in [3.8, 4) is 0 Å². The summed E-state index contributed by atoms with van der Waals surface area (Å²) in [5.74, 6) is -0.611. The van der Waals surface area contributed by atoms with Crippen LogP contribution in [0.4, 0.5) is 0 Å². The Hall–Kier alpha value is -1.11. The number of allylic oxidation sites excluding steroid dienone is 1. The quantitative estimate of drug-likeness (QED) is 0.0232. The number of rotatable bonds is 49. The standard InChI is InChI=1S/C56H109NO9/c1-3-5-7-9-11-13-15-17-18-19-20-21-22-23-24-25-26-27-28-29-30-31-33-35-37-39-41-43-45-50(60)55(64)57-48(47-65-56-54(63)53(62)52(61)51(46-58)66-56)49(59)44-42-40-38-36-34-32-16-14-12-10-8-6-4-2/h42,44,48-54,56,58-63H,3-41,43,45-47H2,1-2H3,(H,57,64)/b44-42+. The molecule has 0 aromatic carbocycles. The van der Waals surface area contributed by atoms with Gasteiger partial charge >= 0.3 is 0 Å². The maximum absolute atomic E-state index is 13.1. The summed E-state index contributed by atoms with van der Waals surface area (Å²) in [6.07, 6.45) is 46.1. The summed E-state index contributed by atoms with van der Waals surface area (Å²) in [4.78, 5) is 13.1. The van der Waals surface area contributed by atoms with Crippen LogP contribution in [0.15, 0.2) is 12.2 Å². The zero-order valence-corrected chi connectivity index (χ0v) is 43.1. The largest absolute Gasteiger partial charge is 0.394 e. The van der Waals surface area contributed by atoms with Gasteiger partial charge in [-0.15, -0.1) is 0 Å². The van der Waals surface area contributed by atoms with E-state index in [1.165, 1.54) is 212 Å². The van der Waals surface area contributed by atoms with E-state index in [1.54, 1.807) is 6.08 Å². The van der Waals surface area contributed by atoms with E-state index in [0.29, 0.717) is 6.42 Å². The molecule has 392 valence electrons. The summed E-state index contributed by atoms with van der Waals surface area (Å²) in [5.41, 5.74) is 0. The summed E-state index contributed by atoms with van der Waals surface area (Å²) in [5, 5.41) is 64.9. The van der Waals surface area contributed by atoms with Crippen molar-refractivity contribution in [1.29, 1.82) is 0 Å². The molecule has 8 unspecified atom stereocenters. The molecule has 0 saturated carbocycles. The number of carbonyl (C=O) groups excluding carboxylic acids is 1. The average molecular weight is 940 g/mol. The van der Waals surface area contributed by atoms with Crippen molar-refractivity contribution in [2.45, 2.75) is 326 Å². The van der Waals surface area contributed by atoms with Gasteiger partial charge < -0.3 is 45.4 Å². The fraction of sp³-hybridized carbons (Fsp3) is 0.946. The summed E-state index contributed by atoms with van der Waals surface area (Å²) in [6.45, 7) is 3.64. The lowest BCUT2D eigenvalue weighted by molar-refractivity contribution is -0.302. The predicted octanol–water partition coefficient (Wildman–Crippen LogP) is 12.6. The van der Waals surface area contributed by atoms with E-state index in [4.69, 9.17) is 9.47 Å². The number of carbonyl (C=O) groups is 1. The maximum Gasteiger partial charge on any atom is 0.249 e. The molecule has 66 heavy (non-hydrogen) atoms. The zero-order valence-electron chi connectivity index (χ0n) is 43.1. The van der Waals surface area contributed by atoms with Gasteiger partial charge in [-0.1, -0.05) is 270 Å². The first kappa shape index (κ1) is 62.9. The van der Waals surface area contributed by atoms with E-state index in [-0.39, 0.29) is 6.61 Å². The summed E-state index contributed by atoms with van der Waals surface area (Å²) in [7, 11) is 0. The number of ether oxygens (including phenoxy) is 2. The van der Waals surface area contributed by atoms with Crippen LogP contribution in [-0.2, 0) is 14.3 Å². The second kappa shape index (κ2) is 46.3. The van der Waals surface area contributed by atoms with Gasteiger partial charge in [0.05, 0.1) is 25.4 Å². The second-order valence-corrected chi connectivity index (χ2v) is 20.2. The SMILES string of the molecule is CCCCCCCCCCCCC/C=C/C(O)C(COC1OC(CO)C(O)C(O)C1O)NC(=O)C(O)CCCCCCCCCCCCCCCCCCCCCCCCCCCCCC. The number of unbranched alkanes of at least 4 members (excludes halogenated alkanes) is 38. The van der Waals surface area contributed by atoms with Gasteiger partial charge in [0.2, 0.25) is 5.91 Å². The van der Waals surface area contributed by atoms with E-state index >= 15 is 0 Å². The number of amides is 1. The number of hydrogen-bond acceptors (Lipinski definition) is 9. The third kappa shape index (κ3) is 35.1. The van der Waals surface area contributed by atoms with Gasteiger partial charge in [0.25, 0.3) is 0 Å². The Balaban J connectivity index is 2.19. The van der Waals surface area contributed by atoms with Crippen LogP contribution in [0.1, 0.15) is 277 Å². The molecule has 0 bridgehead atoms. The molecule has 10 nitrogen and oxygen atoms in total. The first-order chi connectivity index (χ1) is 32.3. The van der Waals surface area contributed by atoms with Crippen LogP contribution in [-0.4, -0.2) is 98.7 Å². The topological polar surface area (TPSA) is 169 Å². The minimum absolute atomic E-state index is 0.301. The smallest absolute Gasteiger partial charge is 0.249 e. The van der Waals surface area contributed by atoms with Gasteiger partial charge in [-0.2, -0.15) is 0 Å². The van der Waals surface area contributed by atoms with E-state index < -0.39 is 61.5 Å². The van der Waals surface area contributed by atoms with Gasteiger partial charge in [0.1, 0.15) is 30.5 Å². The Labute approximate surface area is 406 Å². The predicted molar refractivity (Wildman–Crippen MR) is 273 cm³/mol. The number of nitrogens with one attached hydrogen (secondary N) is 1. The van der Waals surface area contributed by atoms with E-state index in [1.807, 2.05) is 6.08 Å². The normalized spacial score (nSPS) is 20.3. The van der Waals surface area contributed by atoms with Crippen LogP contribution in [0, 0.1) is 0 Å². The molecule has 0 spiro atoms. The molecule has 0 aromatic heterocycles. The molecule has 1 rings (SSSR count). The average Bonchev–Trinajstić information content (AvgIpc) is 3.32. The minimum atomic E-state index is -1.61. The van der Waals surface area contributed by atoms with E-state index in [9.17, 15) is 35.4 Å². The lowest BCUT2D eigenvalue weighted by Crippen LogP contribution is -2.60. The van der Waals surface area contributed by atoms with Crippen molar-refractivity contribution >= 4 is 5.91 Å². The fourth-order valence-corrected chi connectivity index (χ4v) is 9.34. The molecule has 1 aliphatic heterocycles.